The molecule has 0 spiro atoms. The average molecular weight is 340 g/mol. The lowest BCUT2D eigenvalue weighted by molar-refractivity contribution is 0.581. The number of benzene rings is 2. The Hall–Kier alpha value is -1.74. The van der Waals surface area contributed by atoms with Gasteiger partial charge in [0.05, 0.1) is 9.79 Å². The maximum absolute atomic E-state index is 12.2. The number of sulfonamides is 2. The first-order valence-electron chi connectivity index (χ1n) is 6.37. The summed E-state index contributed by atoms with van der Waals surface area (Å²) in [5.41, 5.74) is 1.80. The summed E-state index contributed by atoms with van der Waals surface area (Å²) in [5.74, 6) is 0. The van der Waals surface area contributed by atoms with Gasteiger partial charge in [-0.05, 0) is 36.2 Å². The Kier molecular flexibility index (Phi) is 4.66. The fourth-order valence-electron chi connectivity index (χ4n) is 1.88. The zero-order chi connectivity index (χ0) is 16.4. The highest BCUT2D eigenvalue weighted by Crippen LogP contribution is 2.15. The maximum Gasteiger partial charge on any atom is 0.240 e. The van der Waals surface area contributed by atoms with Crippen molar-refractivity contribution in [2.24, 2.45) is 5.14 Å². The van der Waals surface area contributed by atoms with E-state index in [-0.39, 0.29) is 16.3 Å². The number of hydrogen-bond acceptors (Lipinski definition) is 4. The molecule has 2 rings (SSSR count). The topological polar surface area (TPSA) is 106 Å². The van der Waals surface area contributed by atoms with Gasteiger partial charge in [0, 0.05) is 6.54 Å². The molecule has 0 saturated heterocycles. The normalized spacial score (nSPS) is 12.3. The number of nitrogens with two attached hydrogens (primary N) is 1. The van der Waals surface area contributed by atoms with Crippen LogP contribution in [-0.2, 0) is 26.6 Å². The summed E-state index contributed by atoms with van der Waals surface area (Å²) in [5, 5.41) is 5.01. The highest BCUT2D eigenvalue weighted by molar-refractivity contribution is 7.90. The second kappa shape index (κ2) is 6.17. The highest BCUT2D eigenvalue weighted by atomic mass is 32.2. The van der Waals surface area contributed by atoms with Crippen LogP contribution in [0.1, 0.15) is 11.1 Å². The third-order valence-electron chi connectivity index (χ3n) is 3.16. The minimum Gasteiger partial charge on any atom is -0.225 e. The zero-order valence-corrected chi connectivity index (χ0v) is 13.5. The van der Waals surface area contributed by atoms with Crippen molar-refractivity contribution in [2.75, 3.05) is 0 Å². The predicted molar refractivity (Wildman–Crippen MR) is 83.0 cm³/mol. The minimum atomic E-state index is -3.95. The van der Waals surface area contributed by atoms with Gasteiger partial charge in [0.2, 0.25) is 20.0 Å². The molecule has 0 fully saturated rings. The van der Waals surface area contributed by atoms with Gasteiger partial charge in [0.1, 0.15) is 0 Å². The molecule has 2 aromatic carbocycles. The van der Waals surface area contributed by atoms with Crippen LogP contribution in [0.25, 0.3) is 0 Å². The van der Waals surface area contributed by atoms with Gasteiger partial charge < -0.3 is 0 Å². The van der Waals surface area contributed by atoms with E-state index in [2.05, 4.69) is 4.72 Å². The van der Waals surface area contributed by atoms with Gasteiger partial charge in [0.15, 0.2) is 0 Å². The Morgan fingerprint density at radius 3 is 2.23 bits per heavy atom. The van der Waals surface area contributed by atoms with E-state index in [1.807, 2.05) is 31.2 Å². The minimum absolute atomic E-state index is 0.120. The standard InChI is InChI=1S/C14H16N2O4S2/c1-11-5-2-3-6-12(11)10-16-22(19,20)14-8-4-7-13(9-14)21(15,17)18/h2-9,16H,10H2,1H3,(H2,15,17,18). The van der Waals surface area contributed by atoms with Crippen molar-refractivity contribution in [1.29, 1.82) is 0 Å². The van der Waals surface area contributed by atoms with Gasteiger partial charge in [0.25, 0.3) is 0 Å². The molecule has 118 valence electrons. The van der Waals surface area contributed by atoms with Crippen molar-refractivity contribution in [1.82, 2.24) is 4.72 Å². The molecule has 0 aliphatic rings. The molecule has 0 atom stereocenters. The van der Waals surface area contributed by atoms with E-state index in [9.17, 15) is 16.8 Å². The van der Waals surface area contributed by atoms with Crippen LogP contribution in [0.2, 0.25) is 0 Å². The summed E-state index contributed by atoms with van der Waals surface area (Å²) in [7, 11) is -7.78. The van der Waals surface area contributed by atoms with E-state index >= 15 is 0 Å². The largest absolute Gasteiger partial charge is 0.240 e. The van der Waals surface area contributed by atoms with Crippen LogP contribution in [0.4, 0.5) is 0 Å². The molecule has 0 amide bonds. The number of hydrogen-bond donors (Lipinski definition) is 2. The molecular weight excluding hydrogens is 324 g/mol. The van der Waals surface area contributed by atoms with E-state index in [4.69, 9.17) is 5.14 Å². The number of primary sulfonamides is 1. The Balaban J connectivity index is 2.26. The molecule has 0 unspecified atom stereocenters. The summed E-state index contributed by atoms with van der Waals surface area (Å²) in [6, 6.07) is 12.3. The molecule has 0 aliphatic heterocycles. The zero-order valence-electron chi connectivity index (χ0n) is 11.9. The number of rotatable bonds is 5. The van der Waals surface area contributed by atoms with Gasteiger partial charge in [-0.1, -0.05) is 30.3 Å². The van der Waals surface area contributed by atoms with Crippen molar-refractivity contribution in [2.45, 2.75) is 23.3 Å². The quantitative estimate of drug-likeness (QED) is 0.850. The van der Waals surface area contributed by atoms with E-state index in [0.717, 1.165) is 17.2 Å². The van der Waals surface area contributed by atoms with E-state index < -0.39 is 20.0 Å². The van der Waals surface area contributed by atoms with Crippen molar-refractivity contribution >= 4 is 20.0 Å². The fourth-order valence-corrected chi connectivity index (χ4v) is 3.57. The fraction of sp³-hybridized carbons (Fsp3) is 0.143. The third-order valence-corrected chi connectivity index (χ3v) is 5.47. The van der Waals surface area contributed by atoms with Crippen LogP contribution in [0.15, 0.2) is 58.3 Å². The molecule has 22 heavy (non-hydrogen) atoms. The Labute approximate surface area is 130 Å². The molecule has 3 N–H and O–H groups in total. The molecule has 0 saturated carbocycles. The van der Waals surface area contributed by atoms with Gasteiger partial charge in [-0.2, -0.15) is 0 Å². The van der Waals surface area contributed by atoms with Crippen LogP contribution >= 0.6 is 0 Å². The van der Waals surface area contributed by atoms with E-state index in [1.54, 1.807) is 0 Å². The second-order valence-corrected chi connectivity index (χ2v) is 8.10. The molecule has 0 bridgehead atoms. The maximum atomic E-state index is 12.2. The van der Waals surface area contributed by atoms with E-state index in [0.29, 0.717) is 0 Å². The molecule has 0 heterocycles. The molecule has 0 radical (unpaired) electrons. The summed E-state index contributed by atoms with van der Waals surface area (Å²) in [6.07, 6.45) is 0. The van der Waals surface area contributed by atoms with Gasteiger partial charge >= 0.3 is 0 Å². The van der Waals surface area contributed by atoms with Crippen LogP contribution < -0.4 is 9.86 Å². The van der Waals surface area contributed by atoms with Crippen LogP contribution in [0.3, 0.4) is 0 Å². The van der Waals surface area contributed by atoms with Crippen LogP contribution in [-0.4, -0.2) is 16.8 Å². The van der Waals surface area contributed by atoms with E-state index in [1.165, 1.54) is 18.2 Å². The van der Waals surface area contributed by atoms with Crippen LogP contribution in [0.5, 0.6) is 0 Å². The first kappa shape index (κ1) is 16.6. The molecule has 0 aliphatic carbocycles. The predicted octanol–water partition coefficient (Wildman–Crippen LogP) is 1.12. The Bertz CT molecular complexity index is 891. The molecule has 8 heteroatoms. The Morgan fingerprint density at radius 1 is 0.955 bits per heavy atom. The first-order valence-corrected chi connectivity index (χ1v) is 9.40. The monoisotopic (exact) mass is 340 g/mol. The second-order valence-electron chi connectivity index (χ2n) is 4.77. The summed E-state index contributed by atoms with van der Waals surface area (Å²) in [6.45, 7) is 2.00. The SMILES string of the molecule is Cc1ccccc1CNS(=O)(=O)c1cccc(S(N)(=O)=O)c1. The lowest BCUT2D eigenvalue weighted by Gasteiger charge is -2.09. The average Bonchev–Trinajstić information content (AvgIpc) is 2.46. The van der Waals surface area contributed by atoms with Gasteiger partial charge in [-0.3, -0.25) is 0 Å². The number of aryl methyl sites for hydroxylation is 1. The molecule has 0 aromatic heterocycles. The summed E-state index contributed by atoms with van der Waals surface area (Å²) >= 11 is 0. The first-order chi connectivity index (χ1) is 10.2. The third kappa shape index (κ3) is 3.92. The molecule has 6 nitrogen and oxygen atoms in total. The Morgan fingerprint density at radius 2 is 1.59 bits per heavy atom. The summed E-state index contributed by atoms with van der Waals surface area (Å²) < 4.78 is 49.5. The number of nitrogens with one attached hydrogen (secondary N) is 1. The van der Waals surface area contributed by atoms with Gasteiger partial charge in [-0.15, -0.1) is 0 Å². The van der Waals surface area contributed by atoms with Gasteiger partial charge in [-0.25, -0.2) is 26.7 Å². The lowest BCUT2D eigenvalue weighted by atomic mass is 10.1. The van der Waals surface area contributed by atoms with Crippen molar-refractivity contribution in [3.05, 3.63) is 59.7 Å². The van der Waals surface area contributed by atoms with Crippen LogP contribution in [0, 0.1) is 6.92 Å². The lowest BCUT2D eigenvalue weighted by Crippen LogP contribution is -2.24. The van der Waals surface area contributed by atoms with Crippen molar-refractivity contribution in [3.8, 4) is 0 Å². The van der Waals surface area contributed by atoms with Crippen molar-refractivity contribution < 1.29 is 16.8 Å². The summed E-state index contributed by atoms with van der Waals surface area (Å²) in [4.78, 5) is -0.390. The smallest absolute Gasteiger partial charge is 0.225 e. The van der Waals surface area contributed by atoms with Crippen molar-refractivity contribution in [3.63, 3.8) is 0 Å². The molecule has 2 aromatic rings. The molecular formula is C14H16N2O4S2. The highest BCUT2D eigenvalue weighted by Gasteiger charge is 2.17.